The van der Waals surface area contributed by atoms with Crippen molar-refractivity contribution in [2.24, 2.45) is 0 Å². The largest absolute Gasteiger partial charge is 0.337 e. The molecule has 1 aliphatic rings. The van der Waals surface area contributed by atoms with E-state index in [0.29, 0.717) is 11.7 Å². The Kier molecular flexibility index (Phi) is 4.83. The fourth-order valence-corrected chi connectivity index (χ4v) is 2.93. The summed E-state index contributed by atoms with van der Waals surface area (Å²) >= 11 is 0. The second kappa shape index (κ2) is 7.03. The van der Waals surface area contributed by atoms with Gasteiger partial charge in [-0.05, 0) is 39.2 Å². The quantitative estimate of drug-likeness (QED) is 0.929. The number of aryl methyl sites for hydroxylation is 1. The molecular weight excluding hydrogens is 304 g/mol. The molecule has 1 aliphatic heterocycles. The van der Waals surface area contributed by atoms with Crippen LogP contribution in [0, 0.1) is 6.92 Å². The number of aromatic nitrogens is 2. The fourth-order valence-electron chi connectivity index (χ4n) is 2.93. The van der Waals surface area contributed by atoms with Crippen LogP contribution in [0.2, 0.25) is 0 Å². The first-order chi connectivity index (χ1) is 11.6. The van der Waals surface area contributed by atoms with Gasteiger partial charge in [0.2, 0.25) is 11.7 Å². The molecule has 2 atom stereocenters. The maximum atomic E-state index is 12.4. The summed E-state index contributed by atoms with van der Waals surface area (Å²) in [5.74, 6) is 1.09. The molecule has 2 heterocycles. The van der Waals surface area contributed by atoms with Crippen LogP contribution in [0.1, 0.15) is 50.6 Å². The van der Waals surface area contributed by atoms with Gasteiger partial charge in [0.05, 0.1) is 0 Å². The van der Waals surface area contributed by atoms with Crippen molar-refractivity contribution in [2.75, 3.05) is 6.54 Å². The topological polar surface area (TPSA) is 71.3 Å². The molecule has 24 heavy (non-hydrogen) atoms. The van der Waals surface area contributed by atoms with Crippen LogP contribution in [0.15, 0.2) is 28.8 Å². The van der Waals surface area contributed by atoms with Gasteiger partial charge in [-0.15, -0.1) is 0 Å². The van der Waals surface area contributed by atoms with E-state index in [1.807, 2.05) is 38.1 Å². The molecule has 1 fully saturated rings. The van der Waals surface area contributed by atoms with E-state index < -0.39 is 0 Å². The first kappa shape index (κ1) is 16.5. The van der Waals surface area contributed by atoms with Crippen molar-refractivity contribution in [2.45, 2.75) is 52.1 Å². The Morgan fingerprint density at radius 3 is 3.08 bits per heavy atom. The smallest absolute Gasteiger partial charge is 0.318 e. The lowest BCUT2D eigenvalue weighted by Crippen LogP contribution is -2.43. The molecule has 2 aromatic rings. The highest BCUT2D eigenvalue weighted by Crippen LogP contribution is 2.32. The van der Waals surface area contributed by atoms with E-state index in [1.165, 1.54) is 0 Å². The normalized spacial score (nSPS) is 18.6. The van der Waals surface area contributed by atoms with Gasteiger partial charge in [-0.1, -0.05) is 35.8 Å². The minimum atomic E-state index is -0.139. The second-order valence-electron chi connectivity index (χ2n) is 6.44. The van der Waals surface area contributed by atoms with E-state index >= 15 is 0 Å². The molecule has 1 aromatic carbocycles. The number of amides is 2. The maximum Gasteiger partial charge on any atom is 0.318 e. The highest BCUT2D eigenvalue weighted by atomic mass is 16.5. The number of rotatable bonds is 4. The Balaban J connectivity index is 1.77. The molecule has 6 heteroatoms. The third-order valence-electron chi connectivity index (χ3n) is 4.50. The van der Waals surface area contributed by atoms with Crippen LogP contribution in [-0.2, 0) is 0 Å². The van der Waals surface area contributed by atoms with Crippen molar-refractivity contribution < 1.29 is 9.32 Å². The van der Waals surface area contributed by atoms with Gasteiger partial charge in [-0.2, -0.15) is 4.98 Å². The third-order valence-corrected chi connectivity index (χ3v) is 4.50. The van der Waals surface area contributed by atoms with Crippen molar-refractivity contribution >= 4 is 6.03 Å². The Morgan fingerprint density at radius 2 is 2.33 bits per heavy atom. The van der Waals surface area contributed by atoms with Crippen LogP contribution in [0.4, 0.5) is 4.79 Å². The van der Waals surface area contributed by atoms with Crippen molar-refractivity contribution in [1.29, 1.82) is 0 Å². The van der Waals surface area contributed by atoms with E-state index in [-0.39, 0.29) is 18.1 Å². The van der Waals surface area contributed by atoms with Gasteiger partial charge in [-0.25, -0.2) is 4.79 Å². The Morgan fingerprint density at radius 1 is 1.50 bits per heavy atom. The summed E-state index contributed by atoms with van der Waals surface area (Å²) < 4.78 is 5.47. The van der Waals surface area contributed by atoms with Gasteiger partial charge in [0.15, 0.2) is 0 Å². The summed E-state index contributed by atoms with van der Waals surface area (Å²) in [7, 11) is 0. The summed E-state index contributed by atoms with van der Waals surface area (Å²) in [6.07, 6.45) is 2.70. The number of benzene rings is 1. The highest BCUT2D eigenvalue weighted by molar-refractivity contribution is 5.75. The molecule has 128 valence electrons. The van der Waals surface area contributed by atoms with Gasteiger partial charge < -0.3 is 14.7 Å². The van der Waals surface area contributed by atoms with Gasteiger partial charge in [0.25, 0.3) is 0 Å². The highest BCUT2D eigenvalue weighted by Gasteiger charge is 2.34. The molecular formula is C18H24N4O2. The Hall–Kier alpha value is -2.37. The number of hydrogen-bond donors (Lipinski definition) is 1. The first-order valence-electron chi connectivity index (χ1n) is 8.56. The Labute approximate surface area is 142 Å². The summed E-state index contributed by atoms with van der Waals surface area (Å²) in [5, 5.41) is 7.11. The van der Waals surface area contributed by atoms with E-state index in [1.54, 1.807) is 4.90 Å². The molecule has 3 rings (SSSR count). The van der Waals surface area contributed by atoms with E-state index in [0.717, 1.165) is 36.9 Å². The van der Waals surface area contributed by atoms with E-state index in [2.05, 4.69) is 22.4 Å². The number of nitrogens with zero attached hydrogens (tertiary/aromatic N) is 3. The van der Waals surface area contributed by atoms with Crippen LogP contribution in [0.3, 0.4) is 0 Å². The molecule has 1 N–H and O–H groups in total. The average molecular weight is 328 g/mol. The van der Waals surface area contributed by atoms with Crippen molar-refractivity contribution in [3.8, 4) is 11.4 Å². The van der Waals surface area contributed by atoms with E-state index in [9.17, 15) is 4.79 Å². The molecule has 0 bridgehead atoms. The number of hydrogen-bond acceptors (Lipinski definition) is 4. The molecule has 0 spiro atoms. The number of likely N-dealkylation sites (tertiary alicyclic amines) is 1. The number of carbonyl (C=O) groups excluding carboxylic acids is 1. The Bertz CT molecular complexity index is 713. The van der Waals surface area contributed by atoms with Crippen molar-refractivity contribution in [3.05, 3.63) is 35.7 Å². The predicted molar refractivity (Wildman–Crippen MR) is 91.4 cm³/mol. The van der Waals surface area contributed by atoms with Gasteiger partial charge in [0.1, 0.15) is 6.04 Å². The number of carbonyl (C=O) groups is 1. The monoisotopic (exact) mass is 328 g/mol. The SMILES string of the molecule is CC[C@@H](C)NC(=O)N1CCC[C@@H]1c1nc(-c2cccc(C)c2)no1. The zero-order chi connectivity index (χ0) is 17.1. The molecule has 6 nitrogen and oxygen atoms in total. The van der Waals surface area contributed by atoms with Crippen molar-refractivity contribution in [3.63, 3.8) is 0 Å². The lowest BCUT2D eigenvalue weighted by Gasteiger charge is -2.24. The average Bonchev–Trinajstić information content (AvgIpc) is 3.23. The maximum absolute atomic E-state index is 12.4. The molecule has 2 amide bonds. The summed E-state index contributed by atoms with van der Waals surface area (Å²) in [4.78, 5) is 18.8. The number of urea groups is 1. The predicted octanol–water partition coefficient (Wildman–Crippen LogP) is 3.69. The van der Waals surface area contributed by atoms with Crippen LogP contribution in [-0.4, -0.2) is 33.7 Å². The summed E-state index contributed by atoms with van der Waals surface area (Å²) in [5.41, 5.74) is 2.08. The lowest BCUT2D eigenvalue weighted by atomic mass is 10.1. The fraction of sp³-hybridized carbons (Fsp3) is 0.500. The molecule has 0 aliphatic carbocycles. The van der Waals surface area contributed by atoms with Gasteiger partial charge in [-0.3, -0.25) is 0 Å². The minimum Gasteiger partial charge on any atom is -0.337 e. The number of nitrogens with one attached hydrogen (secondary N) is 1. The van der Waals surface area contributed by atoms with Crippen LogP contribution in [0.25, 0.3) is 11.4 Å². The second-order valence-corrected chi connectivity index (χ2v) is 6.44. The standard InChI is InChI=1S/C18H24N4O2/c1-4-13(3)19-18(23)22-10-6-9-15(22)17-20-16(21-24-17)14-8-5-7-12(2)11-14/h5,7-8,11,13,15H,4,6,9-10H2,1-3H3,(H,19,23)/t13-,15-/m1/s1. The minimum absolute atomic E-state index is 0.0536. The first-order valence-corrected chi connectivity index (χ1v) is 8.56. The molecule has 0 unspecified atom stereocenters. The van der Waals surface area contributed by atoms with Crippen LogP contribution in [0.5, 0.6) is 0 Å². The van der Waals surface area contributed by atoms with Crippen LogP contribution < -0.4 is 5.32 Å². The molecule has 1 aromatic heterocycles. The molecule has 1 saturated heterocycles. The van der Waals surface area contributed by atoms with E-state index in [4.69, 9.17) is 4.52 Å². The molecule has 0 radical (unpaired) electrons. The molecule has 0 saturated carbocycles. The lowest BCUT2D eigenvalue weighted by molar-refractivity contribution is 0.177. The van der Waals surface area contributed by atoms with Crippen LogP contribution >= 0.6 is 0 Å². The summed E-state index contributed by atoms with van der Waals surface area (Å²) in [6, 6.07) is 7.96. The van der Waals surface area contributed by atoms with Gasteiger partial charge >= 0.3 is 6.03 Å². The summed E-state index contributed by atoms with van der Waals surface area (Å²) in [6.45, 7) is 6.81. The third kappa shape index (κ3) is 3.42. The zero-order valence-electron chi connectivity index (χ0n) is 14.5. The zero-order valence-corrected chi connectivity index (χ0v) is 14.5. The van der Waals surface area contributed by atoms with Gasteiger partial charge in [0, 0.05) is 18.2 Å². The van der Waals surface area contributed by atoms with Crippen molar-refractivity contribution in [1.82, 2.24) is 20.4 Å².